The van der Waals surface area contributed by atoms with E-state index in [2.05, 4.69) is 9.72 Å². The lowest BCUT2D eigenvalue weighted by molar-refractivity contribution is -0.389. The fourth-order valence-corrected chi connectivity index (χ4v) is 1.17. The Labute approximate surface area is 105 Å². The van der Waals surface area contributed by atoms with Crippen molar-refractivity contribution in [1.29, 1.82) is 0 Å². The van der Waals surface area contributed by atoms with E-state index in [9.17, 15) is 36.9 Å². The molecular formula is C8H3F5N2O5. The van der Waals surface area contributed by atoms with Crippen molar-refractivity contribution in [2.75, 3.05) is 0 Å². The van der Waals surface area contributed by atoms with E-state index < -0.39 is 46.5 Å². The largest absolute Gasteiger partial charge is 0.573 e. The highest BCUT2D eigenvalue weighted by atomic mass is 19.4. The molecule has 1 heterocycles. The fraction of sp³-hybridized carbons (Fsp3) is 0.250. The summed E-state index contributed by atoms with van der Waals surface area (Å²) in [5, 5.41) is 19.2. The van der Waals surface area contributed by atoms with Crippen LogP contribution in [0.4, 0.5) is 27.6 Å². The third kappa shape index (κ3) is 3.49. The van der Waals surface area contributed by atoms with Crippen LogP contribution in [0.25, 0.3) is 0 Å². The third-order valence-electron chi connectivity index (χ3n) is 1.81. The zero-order chi connectivity index (χ0) is 15.7. The summed E-state index contributed by atoms with van der Waals surface area (Å²) in [7, 11) is 0. The molecule has 0 aromatic carbocycles. The van der Waals surface area contributed by atoms with Crippen molar-refractivity contribution in [3.8, 4) is 5.75 Å². The summed E-state index contributed by atoms with van der Waals surface area (Å²) in [6.45, 7) is 0. The van der Waals surface area contributed by atoms with Crippen LogP contribution in [0.3, 0.4) is 0 Å². The number of nitrogens with zero attached hydrogens (tertiary/aromatic N) is 2. The maximum Gasteiger partial charge on any atom is 0.573 e. The van der Waals surface area contributed by atoms with Crippen molar-refractivity contribution in [2.24, 2.45) is 0 Å². The van der Waals surface area contributed by atoms with Crippen molar-refractivity contribution < 1.29 is 41.5 Å². The predicted octanol–water partition coefficient (Wildman–Crippen LogP) is 2.52. The van der Waals surface area contributed by atoms with E-state index in [0.29, 0.717) is 0 Å². The monoisotopic (exact) mass is 302 g/mol. The summed E-state index contributed by atoms with van der Waals surface area (Å²) in [6, 6.07) is -0.0390. The minimum Gasteiger partial charge on any atom is -0.476 e. The Morgan fingerprint density at radius 1 is 1.45 bits per heavy atom. The van der Waals surface area contributed by atoms with Crippen LogP contribution >= 0.6 is 0 Å². The number of nitro groups is 1. The topological polar surface area (TPSA) is 103 Å². The maximum absolute atomic E-state index is 12.4. The Morgan fingerprint density at radius 3 is 2.35 bits per heavy atom. The second-order valence-corrected chi connectivity index (χ2v) is 3.15. The fourth-order valence-electron chi connectivity index (χ4n) is 1.17. The second-order valence-electron chi connectivity index (χ2n) is 3.15. The van der Waals surface area contributed by atoms with Gasteiger partial charge in [0.05, 0.1) is 4.92 Å². The lowest BCUT2D eigenvalue weighted by Crippen LogP contribution is -2.20. The van der Waals surface area contributed by atoms with Crippen LogP contribution in [0.1, 0.15) is 22.6 Å². The van der Waals surface area contributed by atoms with Crippen molar-refractivity contribution >= 4 is 11.7 Å². The Hall–Kier alpha value is -2.53. The number of aromatic nitrogens is 1. The molecule has 0 amide bonds. The Balaban J connectivity index is 3.59. The molecule has 0 aliphatic carbocycles. The van der Waals surface area contributed by atoms with E-state index in [1.807, 2.05) is 0 Å². The summed E-state index contributed by atoms with van der Waals surface area (Å²) in [4.78, 5) is 22.5. The lowest BCUT2D eigenvalue weighted by Gasteiger charge is -2.11. The van der Waals surface area contributed by atoms with Crippen molar-refractivity contribution in [3.05, 3.63) is 27.6 Å². The SMILES string of the molecule is O=C(O)c1nc(C(F)F)cc(OC(F)(F)F)c1[N+](=O)[O-]. The summed E-state index contributed by atoms with van der Waals surface area (Å²) in [5.41, 5.74) is -4.64. The van der Waals surface area contributed by atoms with Gasteiger partial charge in [-0.3, -0.25) is 10.1 Å². The van der Waals surface area contributed by atoms with Crippen LogP contribution in [0, 0.1) is 10.1 Å². The first kappa shape index (κ1) is 15.5. The number of aromatic carboxylic acids is 1. The van der Waals surface area contributed by atoms with Gasteiger partial charge in [0.1, 0.15) is 5.69 Å². The summed E-state index contributed by atoms with van der Waals surface area (Å²) >= 11 is 0. The number of rotatable bonds is 4. The van der Waals surface area contributed by atoms with Gasteiger partial charge in [0.15, 0.2) is 0 Å². The van der Waals surface area contributed by atoms with Gasteiger partial charge < -0.3 is 9.84 Å². The van der Waals surface area contributed by atoms with Crippen LogP contribution in [0.5, 0.6) is 5.75 Å². The third-order valence-corrected chi connectivity index (χ3v) is 1.81. The molecule has 110 valence electrons. The van der Waals surface area contributed by atoms with E-state index in [1.54, 1.807) is 0 Å². The number of carboxylic acids is 1. The molecule has 0 saturated heterocycles. The van der Waals surface area contributed by atoms with Gasteiger partial charge in [-0.05, 0) is 0 Å². The molecular weight excluding hydrogens is 299 g/mol. The van der Waals surface area contributed by atoms with Gasteiger partial charge in [-0.1, -0.05) is 0 Å². The van der Waals surface area contributed by atoms with E-state index >= 15 is 0 Å². The number of carbonyl (C=O) groups is 1. The van der Waals surface area contributed by atoms with Crippen LogP contribution < -0.4 is 4.74 Å². The smallest absolute Gasteiger partial charge is 0.476 e. The Kier molecular flexibility index (Phi) is 4.06. The minimum absolute atomic E-state index is 0.0390. The second kappa shape index (κ2) is 5.22. The molecule has 1 aromatic rings. The molecule has 0 radical (unpaired) electrons. The molecule has 0 unspecified atom stereocenters. The van der Waals surface area contributed by atoms with Crippen molar-refractivity contribution in [2.45, 2.75) is 12.8 Å². The number of halogens is 5. The first-order valence-corrected chi connectivity index (χ1v) is 4.49. The number of alkyl halides is 5. The van der Waals surface area contributed by atoms with Crippen LogP contribution in [0.15, 0.2) is 6.07 Å². The first-order chi connectivity index (χ1) is 9.03. The molecule has 1 aromatic heterocycles. The molecule has 0 aliphatic heterocycles. The van der Waals surface area contributed by atoms with Gasteiger partial charge in [0.25, 0.3) is 6.43 Å². The molecule has 20 heavy (non-hydrogen) atoms. The zero-order valence-corrected chi connectivity index (χ0v) is 9.02. The lowest BCUT2D eigenvalue weighted by atomic mass is 10.2. The average Bonchev–Trinajstić information content (AvgIpc) is 2.24. The number of pyridine rings is 1. The van der Waals surface area contributed by atoms with Gasteiger partial charge in [0, 0.05) is 6.07 Å². The minimum atomic E-state index is -5.43. The highest BCUT2D eigenvalue weighted by Gasteiger charge is 2.38. The average molecular weight is 302 g/mol. The maximum atomic E-state index is 12.4. The molecule has 0 saturated carbocycles. The van der Waals surface area contributed by atoms with Crippen LogP contribution in [-0.2, 0) is 0 Å². The molecule has 0 spiro atoms. The standard InChI is InChI=1S/C8H3F5N2O5/c9-6(10)2-1-3(20-8(11,12)13)5(15(18)19)4(14-2)7(16)17/h1,6H,(H,16,17). The van der Waals surface area contributed by atoms with E-state index in [0.717, 1.165) is 0 Å². The zero-order valence-electron chi connectivity index (χ0n) is 9.02. The van der Waals surface area contributed by atoms with Gasteiger partial charge in [0.2, 0.25) is 11.4 Å². The van der Waals surface area contributed by atoms with E-state index in [4.69, 9.17) is 5.11 Å². The van der Waals surface area contributed by atoms with Gasteiger partial charge >= 0.3 is 18.0 Å². The molecule has 1 N–H and O–H groups in total. The number of hydrogen-bond donors (Lipinski definition) is 1. The molecule has 0 atom stereocenters. The summed E-state index contributed by atoms with van der Waals surface area (Å²) in [5.74, 6) is -3.82. The molecule has 12 heteroatoms. The number of carboxylic acid groups (broad SMARTS) is 1. The summed E-state index contributed by atoms with van der Waals surface area (Å²) < 4.78 is 64.1. The molecule has 7 nitrogen and oxygen atoms in total. The quantitative estimate of drug-likeness (QED) is 0.521. The van der Waals surface area contributed by atoms with Crippen molar-refractivity contribution in [3.63, 3.8) is 0 Å². The van der Waals surface area contributed by atoms with E-state index in [1.165, 1.54) is 0 Å². The Morgan fingerprint density at radius 2 is 2.00 bits per heavy atom. The van der Waals surface area contributed by atoms with Gasteiger partial charge in [-0.15, -0.1) is 13.2 Å². The van der Waals surface area contributed by atoms with Gasteiger partial charge in [-0.25, -0.2) is 18.6 Å². The molecule has 0 fully saturated rings. The summed E-state index contributed by atoms with van der Waals surface area (Å²) in [6.07, 6.45) is -8.87. The molecule has 0 bridgehead atoms. The first-order valence-electron chi connectivity index (χ1n) is 4.49. The molecule has 1 rings (SSSR count). The van der Waals surface area contributed by atoms with Crippen molar-refractivity contribution in [1.82, 2.24) is 4.98 Å². The highest BCUT2D eigenvalue weighted by molar-refractivity contribution is 5.91. The van der Waals surface area contributed by atoms with E-state index in [-0.39, 0.29) is 6.07 Å². The number of ether oxygens (including phenoxy) is 1. The Bertz CT molecular complexity index is 559. The molecule has 0 aliphatic rings. The number of hydrogen-bond acceptors (Lipinski definition) is 5. The van der Waals surface area contributed by atoms with Crippen LogP contribution in [-0.4, -0.2) is 27.3 Å². The van der Waals surface area contributed by atoms with Gasteiger partial charge in [-0.2, -0.15) is 0 Å². The van der Waals surface area contributed by atoms with Crippen LogP contribution in [0.2, 0.25) is 0 Å². The normalized spacial score (nSPS) is 11.5. The predicted molar refractivity (Wildman–Crippen MR) is 49.5 cm³/mol. The highest BCUT2D eigenvalue weighted by Crippen LogP contribution is 2.36.